The predicted octanol–water partition coefficient (Wildman–Crippen LogP) is 3.80. The Bertz CT molecular complexity index is 1080. The van der Waals surface area contributed by atoms with Gasteiger partial charge in [0.05, 0.1) is 16.6 Å². The van der Waals surface area contributed by atoms with Crippen molar-refractivity contribution in [3.8, 4) is 6.07 Å². The van der Waals surface area contributed by atoms with Crippen molar-refractivity contribution in [2.24, 2.45) is 5.92 Å². The molecule has 1 N–H and O–H groups in total. The van der Waals surface area contributed by atoms with Crippen molar-refractivity contribution < 1.29 is 14.5 Å². The Morgan fingerprint density at radius 3 is 2.42 bits per heavy atom. The van der Waals surface area contributed by atoms with Crippen molar-refractivity contribution >= 4 is 28.9 Å². The summed E-state index contributed by atoms with van der Waals surface area (Å²) in [7, 11) is 0. The van der Waals surface area contributed by atoms with E-state index in [-0.39, 0.29) is 23.1 Å². The van der Waals surface area contributed by atoms with E-state index in [1.165, 1.54) is 12.1 Å². The minimum atomic E-state index is -0.500. The third-order valence-corrected chi connectivity index (χ3v) is 5.95. The van der Waals surface area contributed by atoms with Gasteiger partial charge in [0, 0.05) is 49.4 Å². The molecule has 1 aliphatic heterocycles. The first-order valence-corrected chi connectivity index (χ1v) is 11.0. The van der Waals surface area contributed by atoms with E-state index in [4.69, 9.17) is 5.26 Å². The molecular weight excluding hydrogens is 422 g/mol. The van der Waals surface area contributed by atoms with Crippen LogP contribution in [0.15, 0.2) is 42.5 Å². The molecule has 0 spiro atoms. The second kappa shape index (κ2) is 10.6. The van der Waals surface area contributed by atoms with Gasteiger partial charge in [-0.2, -0.15) is 5.26 Å². The van der Waals surface area contributed by atoms with Crippen molar-refractivity contribution in [2.45, 2.75) is 26.7 Å². The minimum Gasteiger partial charge on any atom is -0.362 e. The van der Waals surface area contributed by atoms with Crippen LogP contribution in [0.3, 0.4) is 0 Å². The molecule has 0 unspecified atom stereocenters. The lowest BCUT2D eigenvalue weighted by atomic mass is 10.0. The van der Waals surface area contributed by atoms with E-state index in [0.29, 0.717) is 43.1 Å². The Kier molecular flexibility index (Phi) is 7.61. The zero-order valence-electron chi connectivity index (χ0n) is 18.8. The summed E-state index contributed by atoms with van der Waals surface area (Å²) in [5, 5.41) is 23.4. The van der Waals surface area contributed by atoms with Gasteiger partial charge >= 0.3 is 0 Å². The van der Waals surface area contributed by atoms with Crippen molar-refractivity contribution in [1.82, 2.24) is 4.90 Å². The average molecular weight is 450 g/mol. The summed E-state index contributed by atoms with van der Waals surface area (Å²) in [6, 6.07) is 12.8. The van der Waals surface area contributed by atoms with Crippen LogP contribution >= 0.6 is 0 Å². The molecule has 0 saturated carbocycles. The number of hydrogen-bond donors (Lipinski definition) is 1. The number of nitrogens with zero attached hydrogens (tertiary/aromatic N) is 4. The van der Waals surface area contributed by atoms with Crippen LogP contribution in [0, 0.1) is 27.4 Å². The quantitative estimate of drug-likeness (QED) is 0.507. The number of carbonyl (C=O) groups is 2. The predicted molar refractivity (Wildman–Crippen MR) is 125 cm³/mol. The van der Waals surface area contributed by atoms with E-state index < -0.39 is 10.8 Å². The molecular formula is C24H27N5O4. The highest BCUT2D eigenvalue weighted by molar-refractivity contribution is 6.05. The molecule has 1 fully saturated rings. The third-order valence-electron chi connectivity index (χ3n) is 5.95. The molecule has 0 atom stereocenters. The van der Waals surface area contributed by atoms with Gasteiger partial charge in [-0.25, -0.2) is 0 Å². The maximum atomic E-state index is 12.6. The average Bonchev–Trinajstić information content (AvgIpc) is 2.84. The number of hydrogen-bond acceptors (Lipinski definition) is 6. The van der Waals surface area contributed by atoms with Crippen molar-refractivity contribution in [1.29, 1.82) is 5.26 Å². The summed E-state index contributed by atoms with van der Waals surface area (Å²) in [5.41, 5.74) is 1.25. The topological polar surface area (TPSA) is 120 Å². The molecule has 1 heterocycles. The van der Waals surface area contributed by atoms with Crippen LogP contribution in [0.1, 0.15) is 42.6 Å². The molecule has 3 rings (SSSR count). The molecule has 33 heavy (non-hydrogen) atoms. The number of amides is 2. The monoisotopic (exact) mass is 449 g/mol. The van der Waals surface area contributed by atoms with Gasteiger partial charge in [0.25, 0.3) is 11.6 Å². The summed E-state index contributed by atoms with van der Waals surface area (Å²) < 4.78 is 0. The van der Waals surface area contributed by atoms with Crippen molar-refractivity contribution in [3.05, 3.63) is 63.7 Å². The van der Waals surface area contributed by atoms with Gasteiger partial charge in [0.1, 0.15) is 5.69 Å². The fourth-order valence-electron chi connectivity index (χ4n) is 4.01. The fourth-order valence-corrected chi connectivity index (χ4v) is 4.01. The molecule has 9 heteroatoms. The molecule has 1 aliphatic rings. The largest absolute Gasteiger partial charge is 0.362 e. The Morgan fingerprint density at radius 1 is 1.12 bits per heavy atom. The summed E-state index contributed by atoms with van der Waals surface area (Å²) in [5.74, 6) is -0.348. The highest BCUT2D eigenvalue weighted by Crippen LogP contribution is 2.31. The summed E-state index contributed by atoms with van der Waals surface area (Å²) in [4.78, 5) is 40.2. The van der Waals surface area contributed by atoms with Gasteiger partial charge in [-0.15, -0.1) is 0 Å². The zero-order valence-corrected chi connectivity index (χ0v) is 18.8. The molecule has 2 aromatic rings. The van der Waals surface area contributed by atoms with E-state index in [1.807, 2.05) is 29.7 Å². The van der Waals surface area contributed by atoms with Gasteiger partial charge in [0.2, 0.25) is 5.91 Å². The molecule has 2 amide bonds. The molecule has 1 saturated heterocycles. The number of benzene rings is 2. The highest BCUT2D eigenvalue weighted by Gasteiger charge is 2.29. The second-order valence-corrected chi connectivity index (χ2v) is 7.93. The number of nitrogens with one attached hydrogen (secondary N) is 1. The molecule has 0 aromatic heterocycles. The van der Waals surface area contributed by atoms with E-state index in [0.717, 1.165) is 12.8 Å². The molecule has 0 bridgehead atoms. The van der Waals surface area contributed by atoms with Gasteiger partial charge in [0.15, 0.2) is 0 Å². The Labute approximate surface area is 192 Å². The number of nitriles is 1. The number of anilines is 2. The standard InChI is InChI=1S/C24H27N5O4/c1-3-18(4-2)24(31)28-12-10-27(11-13-28)21-9-8-19(15-22(21)29(32)33)23(30)26-20-7-5-6-17(14-20)16-25/h5-9,14-15,18H,3-4,10-13H2,1-2H3,(H,26,30). The Hall–Kier alpha value is -3.93. The molecule has 0 aliphatic carbocycles. The smallest absolute Gasteiger partial charge is 0.293 e. The third kappa shape index (κ3) is 5.47. The van der Waals surface area contributed by atoms with Crippen LogP contribution in [-0.4, -0.2) is 47.8 Å². The molecule has 9 nitrogen and oxygen atoms in total. The van der Waals surface area contributed by atoms with E-state index in [9.17, 15) is 19.7 Å². The van der Waals surface area contributed by atoms with E-state index >= 15 is 0 Å². The van der Waals surface area contributed by atoms with Crippen LogP contribution in [0.2, 0.25) is 0 Å². The summed E-state index contributed by atoms with van der Waals surface area (Å²) in [6.07, 6.45) is 1.59. The number of nitro groups is 1. The Morgan fingerprint density at radius 2 is 1.82 bits per heavy atom. The number of piperazine rings is 1. The lowest BCUT2D eigenvalue weighted by Gasteiger charge is -2.37. The van der Waals surface area contributed by atoms with E-state index in [2.05, 4.69) is 5.32 Å². The van der Waals surface area contributed by atoms with Crippen LogP contribution in [0.5, 0.6) is 0 Å². The van der Waals surface area contributed by atoms with Gasteiger partial charge in [-0.1, -0.05) is 19.9 Å². The van der Waals surface area contributed by atoms with Crippen molar-refractivity contribution in [2.75, 3.05) is 36.4 Å². The highest BCUT2D eigenvalue weighted by atomic mass is 16.6. The normalized spacial score (nSPS) is 13.5. The van der Waals surface area contributed by atoms with Crippen LogP contribution in [0.25, 0.3) is 0 Å². The fraction of sp³-hybridized carbons (Fsp3) is 0.375. The van der Waals surface area contributed by atoms with Crippen LogP contribution < -0.4 is 10.2 Å². The molecule has 0 radical (unpaired) electrons. The van der Waals surface area contributed by atoms with Crippen LogP contribution in [0.4, 0.5) is 17.1 Å². The molecule has 172 valence electrons. The SMILES string of the molecule is CCC(CC)C(=O)N1CCN(c2ccc(C(=O)Nc3cccc(C#N)c3)cc2[N+](=O)[O-])CC1. The van der Waals surface area contributed by atoms with Crippen molar-refractivity contribution in [3.63, 3.8) is 0 Å². The minimum absolute atomic E-state index is 0.0116. The Balaban J connectivity index is 1.74. The number of carbonyl (C=O) groups excluding carboxylic acids is 2. The van der Waals surface area contributed by atoms with Crippen LogP contribution in [-0.2, 0) is 4.79 Å². The zero-order chi connectivity index (χ0) is 24.0. The lowest BCUT2D eigenvalue weighted by Crippen LogP contribution is -2.50. The molecule has 2 aromatic carbocycles. The summed E-state index contributed by atoms with van der Waals surface area (Å²) >= 11 is 0. The van der Waals surface area contributed by atoms with E-state index in [1.54, 1.807) is 30.3 Å². The lowest BCUT2D eigenvalue weighted by molar-refractivity contribution is -0.384. The first kappa shape index (κ1) is 23.7. The van der Waals surface area contributed by atoms with Gasteiger partial charge in [-0.3, -0.25) is 19.7 Å². The first-order chi connectivity index (χ1) is 15.9. The van der Waals surface area contributed by atoms with Gasteiger partial charge in [-0.05, 0) is 43.2 Å². The first-order valence-electron chi connectivity index (χ1n) is 11.0. The number of rotatable bonds is 7. The number of nitro benzene ring substituents is 1. The van der Waals surface area contributed by atoms with Gasteiger partial charge < -0.3 is 15.1 Å². The maximum Gasteiger partial charge on any atom is 0.293 e. The maximum absolute atomic E-state index is 12.6. The second-order valence-electron chi connectivity index (χ2n) is 7.93. The summed E-state index contributed by atoms with van der Waals surface area (Å²) in [6.45, 7) is 5.99.